The van der Waals surface area contributed by atoms with E-state index in [1.54, 1.807) is 6.08 Å². The Morgan fingerprint density at radius 1 is 0.453 bits per heavy atom. The Morgan fingerprint density at radius 2 is 0.943 bits per heavy atom. The highest BCUT2D eigenvalue weighted by molar-refractivity contribution is 5.88. The maximum atomic E-state index is 3.74. The lowest BCUT2D eigenvalue weighted by Crippen LogP contribution is -2.10. The van der Waals surface area contributed by atoms with Crippen molar-refractivity contribution in [3.8, 4) is 33.4 Å². The number of rotatable bonds is 10. The molecule has 0 heterocycles. The summed E-state index contributed by atoms with van der Waals surface area (Å²) in [6.07, 6.45) is 18.0. The van der Waals surface area contributed by atoms with Crippen LogP contribution >= 0.6 is 0 Å². The van der Waals surface area contributed by atoms with Crippen molar-refractivity contribution in [2.24, 2.45) is 5.92 Å². The molecule has 1 unspecified atom stereocenters. The van der Waals surface area contributed by atoms with E-state index in [0.29, 0.717) is 5.92 Å². The SMILES string of the molecule is C=C/C=C\C=C\C1C=CC(c2ccc(N(c3ccc(-c4ccc(-c5ccccc5)cc4)cc3)c3ccc(-c4ccc5ccccc5c4)cc3)cc2)=CC1. The van der Waals surface area contributed by atoms with Crippen LogP contribution < -0.4 is 4.90 Å². The molecule has 0 bridgehead atoms. The summed E-state index contributed by atoms with van der Waals surface area (Å²) in [5, 5.41) is 2.51. The van der Waals surface area contributed by atoms with Crippen LogP contribution in [0.15, 0.2) is 225 Å². The first-order valence-corrected chi connectivity index (χ1v) is 18.3. The molecule has 1 aliphatic rings. The number of fused-ring (bicyclic) bond motifs is 1. The Hall–Kier alpha value is -6.70. The molecule has 0 fully saturated rings. The van der Waals surface area contributed by atoms with Gasteiger partial charge in [0.2, 0.25) is 0 Å². The van der Waals surface area contributed by atoms with Gasteiger partial charge in [-0.2, -0.15) is 0 Å². The zero-order chi connectivity index (χ0) is 35.8. The van der Waals surface area contributed by atoms with E-state index in [4.69, 9.17) is 0 Å². The normalized spacial score (nSPS) is 14.1. The van der Waals surface area contributed by atoms with Crippen LogP contribution in [0.1, 0.15) is 12.0 Å². The van der Waals surface area contributed by atoms with Crippen LogP contribution in [0.5, 0.6) is 0 Å². The molecular weight excluding hydrogens is 639 g/mol. The summed E-state index contributed by atoms with van der Waals surface area (Å²) in [5.41, 5.74) is 13.1. The molecule has 0 spiro atoms. The van der Waals surface area contributed by atoms with Gasteiger partial charge in [-0.1, -0.05) is 183 Å². The Kier molecular flexibility index (Phi) is 9.89. The van der Waals surface area contributed by atoms with Gasteiger partial charge in [0.05, 0.1) is 0 Å². The van der Waals surface area contributed by atoms with E-state index in [2.05, 4.69) is 212 Å². The summed E-state index contributed by atoms with van der Waals surface area (Å²) in [6.45, 7) is 3.74. The molecule has 1 aliphatic carbocycles. The predicted molar refractivity (Wildman–Crippen MR) is 229 cm³/mol. The fraction of sp³-hybridized carbons (Fsp3) is 0.0385. The molecule has 7 aromatic carbocycles. The van der Waals surface area contributed by atoms with Crippen molar-refractivity contribution in [1.29, 1.82) is 0 Å². The Morgan fingerprint density at radius 3 is 1.51 bits per heavy atom. The monoisotopic (exact) mass is 679 g/mol. The highest BCUT2D eigenvalue weighted by atomic mass is 15.1. The molecule has 0 amide bonds. The zero-order valence-electron chi connectivity index (χ0n) is 29.7. The molecule has 254 valence electrons. The van der Waals surface area contributed by atoms with E-state index in [0.717, 1.165) is 23.5 Å². The Balaban J connectivity index is 1.08. The Bertz CT molecular complexity index is 2440. The van der Waals surface area contributed by atoms with Crippen LogP contribution in [-0.2, 0) is 0 Å². The maximum Gasteiger partial charge on any atom is 0.0462 e. The number of benzene rings is 7. The number of anilines is 3. The van der Waals surface area contributed by atoms with E-state index in [-0.39, 0.29) is 0 Å². The average Bonchev–Trinajstić information content (AvgIpc) is 3.24. The lowest BCUT2D eigenvalue weighted by Gasteiger charge is -2.26. The predicted octanol–water partition coefficient (Wildman–Crippen LogP) is 14.6. The molecule has 1 nitrogen and oxygen atoms in total. The maximum absolute atomic E-state index is 3.74. The summed E-state index contributed by atoms with van der Waals surface area (Å²) >= 11 is 0. The van der Waals surface area contributed by atoms with Gasteiger partial charge in [-0.3, -0.25) is 0 Å². The molecule has 0 radical (unpaired) electrons. The van der Waals surface area contributed by atoms with E-state index in [9.17, 15) is 0 Å². The summed E-state index contributed by atoms with van der Waals surface area (Å²) in [4.78, 5) is 2.35. The minimum absolute atomic E-state index is 0.408. The van der Waals surface area contributed by atoms with E-state index >= 15 is 0 Å². The average molecular weight is 680 g/mol. The fourth-order valence-corrected chi connectivity index (χ4v) is 7.05. The minimum Gasteiger partial charge on any atom is -0.311 e. The van der Waals surface area contributed by atoms with Gasteiger partial charge in [0.1, 0.15) is 0 Å². The van der Waals surface area contributed by atoms with Crippen LogP contribution in [-0.4, -0.2) is 0 Å². The molecule has 0 saturated heterocycles. The Labute approximate surface area is 313 Å². The molecule has 8 rings (SSSR count). The van der Waals surface area contributed by atoms with Gasteiger partial charge in [-0.25, -0.2) is 0 Å². The van der Waals surface area contributed by atoms with Crippen molar-refractivity contribution >= 4 is 33.4 Å². The number of allylic oxidation sites excluding steroid dienone is 9. The number of hydrogen-bond acceptors (Lipinski definition) is 1. The zero-order valence-corrected chi connectivity index (χ0v) is 29.7. The van der Waals surface area contributed by atoms with Crippen molar-refractivity contribution in [3.05, 3.63) is 231 Å². The number of nitrogens with zero attached hydrogens (tertiary/aromatic N) is 1. The smallest absolute Gasteiger partial charge is 0.0462 e. The first-order chi connectivity index (χ1) is 26.2. The third kappa shape index (κ3) is 7.66. The number of hydrogen-bond donors (Lipinski definition) is 0. The lowest BCUT2D eigenvalue weighted by atomic mass is 9.92. The fourth-order valence-electron chi connectivity index (χ4n) is 7.05. The van der Waals surface area contributed by atoms with Gasteiger partial charge in [0, 0.05) is 17.1 Å². The third-order valence-corrected chi connectivity index (χ3v) is 9.97. The molecule has 53 heavy (non-hydrogen) atoms. The van der Waals surface area contributed by atoms with Gasteiger partial charge in [-0.15, -0.1) is 0 Å². The van der Waals surface area contributed by atoms with Gasteiger partial charge in [0.15, 0.2) is 0 Å². The second-order valence-corrected chi connectivity index (χ2v) is 13.4. The topological polar surface area (TPSA) is 3.24 Å². The van der Waals surface area contributed by atoms with Crippen LogP contribution in [0.3, 0.4) is 0 Å². The van der Waals surface area contributed by atoms with E-state index < -0.39 is 0 Å². The summed E-state index contributed by atoms with van der Waals surface area (Å²) in [5.74, 6) is 0.408. The molecular formula is C52H41N. The largest absolute Gasteiger partial charge is 0.311 e. The molecule has 0 aliphatic heterocycles. The molecule has 1 atom stereocenters. The lowest BCUT2D eigenvalue weighted by molar-refractivity contribution is 0.825. The van der Waals surface area contributed by atoms with Crippen molar-refractivity contribution in [2.75, 3.05) is 4.90 Å². The van der Waals surface area contributed by atoms with Crippen molar-refractivity contribution in [1.82, 2.24) is 0 Å². The molecule has 1 heteroatoms. The molecule has 0 saturated carbocycles. The second kappa shape index (κ2) is 15.7. The third-order valence-electron chi connectivity index (χ3n) is 9.97. The minimum atomic E-state index is 0.408. The van der Waals surface area contributed by atoms with Crippen LogP contribution in [0.2, 0.25) is 0 Å². The molecule has 0 aromatic heterocycles. The summed E-state index contributed by atoms with van der Waals surface area (Å²) in [7, 11) is 0. The second-order valence-electron chi connectivity index (χ2n) is 13.4. The molecule has 0 N–H and O–H groups in total. The van der Waals surface area contributed by atoms with Crippen molar-refractivity contribution < 1.29 is 0 Å². The quantitative estimate of drug-likeness (QED) is 0.130. The molecule has 7 aromatic rings. The highest BCUT2D eigenvalue weighted by Crippen LogP contribution is 2.38. The van der Waals surface area contributed by atoms with E-state index in [1.807, 2.05) is 12.2 Å². The highest BCUT2D eigenvalue weighted by Gasteiger charge is 2.15. The van der Waals surface area contributed by atoms with Gasteiger partial charge >= 0.3 is 0 Å². The summed E-state index contributed by atoms with van der Waals surface area (Å²) in [6, 6.07) is 61.4. The van der Waals surface area contributed by atoms with Crippen LogP contribution in [0, 0.1) is 5.92 Å². The first kappa shape index (κ1) is 33.4. The van der Waals surface area contributed by atoms with Gasteiger partial charge in [-0.05, 0) is 110 Å². The van der Waals surface area contributed by atoms with E-state index in [1.165, 1.54) is 55.3 Å². The van der Waals surface area contributed by atoms with Crippen LogP contribution in [0.4, 0.5) is 17.1 Å². The van der Waals surface area contributed by atoms with Crippen LogP contribution in [0.25, 0.3) is 49.7 Å². The first-order valence-electron chi connectivity index (χ1n) is 18.3. The van der Waals surface area contributed by atoms with Gasteiger partial charge in [0.25, 0.3) is 0 Å². The standard InChI is InChI=1S/C52H41N/c1-2-3-4-6-11-39-16-18-42(19-17-39)45-26-32-50(33-27-45)53(52-36-30-47(31-37-52)49-25-24-41-14-9-10-15-48(41)38-49)51-34-28-46(29-35-51)44-22-20-43(21-23-44)40-12-7-5-8-13-40/h2-16,18-39H,1,17H2/b4-3-,11-6+. The van der Waals surface area contributed by atoms with Gasteiger partial charge < -0.3 is 4.90 Å². The van der Waals surface area contributed by atoms with Crippen molar-refractivity contribution in [2.45, 2.75) is 6.42 Å². The van der Waals surface area contributed by atoms with Crippen molar-refractivity contribution in [3.63, 3.8) is 0 Å². The summed E-state index contributed by atoms with van der Waals surface area (Å²) < 4.78 is 0.